The summed E-state index contributed by atoms with van der Waals surface area (Å²) >= 11 is 0. The summed E-state index contributed by atoms with van der Waals surface area (Å²) in [5, 5.41) is 27.3. The van der Waals surface area contributed by atoms with E-state index in [4.69, 9.17) is 19.5 Å². The van der Waals surface area contributed by atoms with Crippen molar-refractivity contribution in [2.45, 2.75) is 6.10 Å². The minimum atomic E-state index is -0.793. The Kier molecular flexibility index (Phi) is 11.0. The van der Waals surface area contributed by atoms with Crippen LogP contribution in [0.3, 0.4) is 0 Å². The number of amides is 2. The van der Waals surface area contributed by atoms with Crippen LogP contribution in [0.15, 0.2) is 48.5 Å². The van der Waals surface area contributed by atoms with Gasteiger partial charge in [-0.25, -0.2) is 0 Å². The number of carbonyl (C=O) groups is 2. The van der Waals surface area contributed by atoms with Crippen molar-refractivity contribution >= 4 is 11.8 Å². The van der Waals surface area contributed by atoms with Crippen molar-refractivity contribution in [2.24, 2.45) is 0 Å². The number of aliphatic hydroxyl groups is 1. The first-order valence-corrected chi connectivity index (χ1v) is 10.4. The van der Waals surface area contributed by atoms with Gasteiger partial charge < -0.3 is 35.3 Å². The number of rotatable bonds is 14. The Morgan fingerprint density at radius 1 is 0.939 bits per heavy atom. The van der Waals surface area contributed by atoms with Crippen LogP contribution in [0, 0.1) is 11.3 Å². The first-order valence-electron chi connectivity index (χ1n) is 10.4. The Bertz CT molecular complexity index is 947. The number of nitrogens with one attached hydrogen (secondary N) is 3. The molecule has 0 bridgehead atoms. The smallest absolute Gasteiger partial charge is 0.257 e. The van der Waals surface area contributed by atoms with Crippen molar-refractivity contribution < 1.29 is 28.9 Å². The van der Waals surface area contributed by atoms with Gasteiger partial charge in [-0.05, 0) is 24.3 Å². The van der Waals surface area contributed by atoms with Crippen LogP contribution in [-0.4, -0.2) is 69.5 Å². The van der Waals surface area contributed by atoms with E-state index >= 15 is 0 Å². The molecule has 0 fully saturated rings. The van der Waals surface area contributed by atoms with E-state index < -0.39 is 6.10 Å². The molecule has 2 rings (SSSR count). The summed E-state index contributed by atoms with van der Waals surface area (Å²) in [5.41, 5.74) is 0.365. The molecule has 0 aliphatic rings. The molecule has 10 nitrogen and oxygen atoms in total. The van der Waals surface area contributed by atoms with Gasteiger partial charge in [0, 0.05) is 26.7 Å². The van der Waals surface area contributed by atoms with E-state index in [1.54, 1.807) is 48.5 Å². The quantitative estimate of drug-likeness (QED) is 0.296. The number of carbonyl (C=O) groups excluding carboxylic acids is 2. The van der Waals surface area contributed by atoms with Crippen LogP contribution < -0.4 is 30.2 Å². The molecule has 1 atom stereocenters. The van der Waals surface area contributed by atoms with Gasteiger partial charge in [-0.15, -0.1) is 0 Å². The first-order chi connectivity index (χ1) is 16.0. The summed E-state index contributed by atoms with van der Waals surface area (Å²) in [6.07, 6.45) is -0.793. The minimum absolute atomic E-state index is 0.0197. The molecule has 2 aromatic carbocycles. The van der Waals surface area contributed by atoms with Crippen LogP contribution >= 0.6 is 0 Å². The van der Waals surface area contributed by atoms with Gasteiger partial charge in [0.05, 0.1) is 5.56 Å². The Morgan fingerprint density at radius 2 is 1.55 bits per heavy atom. The molecular weight excluding hydrogens is 428 g/mol. The molecule has 0 heterocycles. The second-order valence-corrected chi connectivity index (χ2v) is 6.82. The number of hydrogen-bond donors (Lipinski definition) is 4. The van der Waals surface area contributed by atoms with Crippen LogP contribution in [0.5, 0.6) is 17.2 Å². The van der Waals surface area contributed by atoms with Crippen molar-refractivity contribution in [1.29, 1.82) is 5.26 Å². The third-order valence-corrected chi connectivity index (χ3v) is 4.29. The van der Waals surface area contributed by atoms with Gasteiger partial charge in [0.15, 0.2) is 24.7 Å². The molecule has 1 unspecified atom stereocenters. The Hall–Kier alpha value is -3.81. The summed E-state index contributed by atoms with van der Waals surface area (Å²) in [5.74, 6) is 0.604. The molecular formula is C23H28N4O6. The molecule has 0 aliphatic heterocycles. The standard InChI is InChI=1S/C23H28N4O6/c1-25-22(29)15-33-21-9-5-4-8-20(21)31-14-18(28)13-26-10-11-27-23(30)16-32-19-7-3-2-6-17(19)12-24/h2-9,18,26,28H,10-11,13-16H2,1H3,(H,25,29)(H,27,30). The van der Waals surface area contributed by atoms with Crippen LogP contribution in [-0.2, 0) is 9.59 Å². The molecule has 0 aliphatic carbocycles. The van der Waals surface area contributed by atoms with Gasteiger partial charge in [0.1, 0.15) is 24.5 Å². The van der Waals surface area contributed by atoms with E-state index in [-0.39, 0.29) is 38.2 Å². The predicted molar refractivity (Wildman–Crippen MR) is 120 cm³/mol. The lowest BCUT2D eigenvalue weighted by Crippen LogP contribution is -2.38. The number of nitrogens with zero attached hydrogens (tertiary/aromatic N) is 1. The zero-order chi connectivity index (χ0) is 23.9. The molecule has 0 radical (unpaired) electrons. The number of nitriles is 1. The van der Waals surface area contributed by atoms with Gasteiger partial charge in [-0.2, -0.15) is 5.26 Å². The summed E-state index contributed by atoms with van der Waals surface area (Å²) < 4.78 is 16.4. The summed E-state index contributed by atoms with van der Waals surface area (Å²) in [4.78, 5) is 23.2. The summed E-state index contributed by atoms with van der Waals surface area (Å²) in [6, 6.07) is 15.6. The van der Waals surface area contributed by atoms with Gasteiger partial charge in [0.2, 0.25) is 0 Å². The number of ether oxygens (including phenoxy) is 3. The van der Waals surface area contributed by atoms with E-state index in [0.29, 0.717) is 35.9 Å². The predicted octanol–water partition coefficient (Wildman–Crippen LogP) is 0.208. The number of benzene rings is 2. The van der Waals surface area contributed by atoms with Crippen molar-refractivity contribution in [2.75, 3.05) is 46.5 Å². The molecule has 0 aromatic heterocycles. The number of likely N-dealkylation sites (N-methyl/N-ethyl adjacent to an activating group) is 1. The molecule has 176 valence electrons. The number of hydrogen-bond acceptors (Lipinski definition) is 8. The fourth-order valence-corrected chi connectivity index (χ4v) is 2.59. The van der Waals surface area contributed by atoms with Crippen LogP contribution in [0.2, 0.25) is 0 Å². The molecule has 10 heteroatoms. The lowest BCUT2D eigenvalue weighted by Gasteiger charge is -2.16. The van der Waals surface area contributed by atoms with Gasteiger partial charge >= 0.3 is 0 Å². The monoisotopic (exact) mass is 456 g/mol. The third-order valence-electron chi connectivity index (χ3n) is 4.29. The van der Waals surface area contributed by atoms with E-state index in [1.165, 1.54) is 7.05 Å². The van der Waals surface area contributed by atoms with E-state index in [1.807, 2.05) is 6.07 Å². The Balaban J connectivity index is 1.60. The lowest BCUT2D eigenvalue weighted by molar-refractivity contribution is -0.123. The van der Waals surface area contributed by atoms with Crippen LogP contribution in [0.1, 0.15) is 5.56 Å². The van der Waals surface area contributed by atoms with Crippen molar-refractivity contribution in [3.05, 3.63) is 54.1 Å². The van der Waals surface area contributed by atoms with Gasteiger partial charge in [-0.3, -0.25) is 9.59 Å². The zero-order valence-electron chi connectivity index (χ0n) is 18.4. The van der Waals surface area contributed by atoms with Crippen molar-refractivity contribution in [3.8, 4) is 23.3 Å². The number of aliphatic hydroxyl groups excluding tert-OH is 1. The summed E-state index contributed by atoms with van der Waals surface area (Å²) in [7, 11) is 1.52. The van der Waals surface area contributed by atoms with Crippen molar-refractivity contribution in [1.82, 2.24) is 16.0 Å². The normalized spacial score (nSPS) is 11.1. The maximum atomic E-state index is 11.9. The van der Waals surface area contributed by atoms with E-state index in [0.717, 1.165) is 0 Å². The van der Waals surface area contributed by atoms with Gasteiger partial charge in [0.25, 0.3) is 11.8 Å². The largest absolute Gasteiger partial charge is 0.487 e. The minimum Gasteiger partial charge on any atom is -0.487 e. The fourth-order valence-electron chi connectivity index (χ4n) is 2.59. The highest BCUT2D eigenvalue weighted by Crippen LogP contribution is 2.26. The van der Waals surface area contributed by atoms with Crippen LogP contribution in [0.25, 0.3) is 0 Å². The number of para-hydroxylation sites is 3. The average Bonchev–Trinajstić information content (AvgIpc) is 2.85. The first kappa shape index (κ1) is 25.5. The molecule has 0 saturated heterocycles. The highest BCUT2D eigenvalue weighted by Gasteiger charge is 2.10. The fraction of sp³-hybridized carbons (Fsp3) is 0.348. The molecule has 0 saturated carbocycles. The Morgan fingerprint density at radius 3 is 2.24 bits per heavy atom. The highest BCUT2D eigenvalue weighted by molar-refractivity contribution is 5.77. The second-order valence-electron chi connectivity index (χ2n) is 6.82. The average molecular weight is 456 g/mol. The van der Waals surface area contributed by atoms with E-state index in [2.05, 4.69) is 16.0 Å². The SMILES string of the molecule is CNC(=O)COc1ccccc1OCC(O)CNCCNC(=O)COc1ccccc1C#N. The molecule has 2 aromatic rings. The lowest BCUT2D eigenvalue weighted by atomic mass is 10.2. The zero-order valence-corrected chi connectivity index (χ0v) is 18.4. The highest BCUT2D eigenvalue weighted by atomic mass is 16.5. The molecule has 2 amide bonds. The summed E-state index contributed by atoms with van der Waals surface area (Å²) in [6.45, 7) is 0.712. The second kappa shape index (κ2) is 14.3. The maximum Gasteiger partial charge on any atom is 0.257 e. The third kappa shape index (κ3) is 9.47. The maximum absolute atomic E-state index is 11.9. The van der Waals surface area contributed by atoms with Gasteiger partial charge in [-0.1, -0.05) is 24.3 Å². The van der Waals surface area contributed by atoms with Crippen molar-refractivity contribution in [3.63, 3.8) is 0 Å². The molecule has 33 heavy (non-hydrogen) atoms. The molecule has 0 spiro atoms. The molecule has 4 N–H and O–H groups in total. The topological polar surface area (TPSA) is 142 Å². The van der Waals surface area contributed by atoms with E-state index in [9.17, 15) is 14.7 Å². The van der Waals surface area contributed by atoms with Crippen LogP contribution in [0.4, 0.5) is 0 Å². The Labute approximate surface area is 192 Å².